The molecule has 0 aliphatic rings. The molecule has 0 bridgehead atoms. The molecular formula is C9H6BrFS2. The fourth-order valence-corrected chi connectivity index (χ4v) is 3.33. The molecule has 0 radical (unpaired) electrons. The fraction of sp³-hybridized carbons (Fsp3) is 0.111. The molecule has 0 spiro atoms. The van der Waals surface area contributed by atoms with Gasteiger partial charge in [0.05, 0.1) is 0 Å². The largest absolute Gasteiger partial charge is 0.207 e. The third kappa shape index (κ3) is 1.51. The van der Waals surface area contributed by atoms with Gasteiger partial charge in [-0.1, -0.05) is 15.9 Å². The van der Waals surface area contributed by atoms with Crippen LogP contribution in [0.25, 0.3) is 10.1 Å². The van der Waals surface area contributed by atoms with Crippen molar-refractivity contribution in [2.75, 3.05) is 0 Å². The number of alkyl halides is 1. The summed E-state index contributed by atoms with van der Waals surface area (Å²) in [5.41, 5.74) is 0.725. The number of rotatable bonds is 1. The molecule has 0 saturated heterocycles. The quantitative estimate of drug-likeness (QED) is 0.585. The van der Waals surface area contributed by atoms with Crippen molar-refractivity contribution in [2.45, 2.75) is 10.2 Å². The highest BCUT2D eigenvalue weighted by Crippen LogP contribution is 2.33. The maximum atomic E-state index is 13.4. The van der Waals surface area contributed by atoms with Crippen molar-refractivity contribution in [3.05, 3.63) is 28.9 Å². The zero-order valence-corrected chi connectivity index (χ0v) is 9.85. The number of thiol groups is 1. The van der Waals surface area contributed by atoms with E-state index in [9.17, 15) is 4.39 Å². The van der Waals surface area contributed by atoms with Crippen LogP contribution in [0.4, 0.5) is 4.39 Å². The molecule has 0 fully saturated rings. The average Bonchev–Trinajstić information content (AvgIpc) is 2.53. The third-order valence-electron chi connectivity index (χ3n) is 1.90. The summed E-state index contributed by atoms with van der Waals surface area (Å²) < 4.78 is 14.4. The predicted molar refractivity (Wildman–Crippen MR) is 61.7 cm³/mol. The molecule has 4 heteroatoms. The van der Waals surface area contributed by atoms with Crippen molar-refractivity contribution in [3.8, 4) is 0 Å². The van der Waals surface area contributed by atoms with E-state index in [4.69, 9.17) is 0 Å². The Kier molecular flexibility index (Phi) is 2.62. The van der Waals surface area contributed by atoms with Crippen molar-refractivity contribution in [2.24, 2.45) is 0 Å². The highest BCUT2D eigenvalue weighted by molar-refractivity contribution is 9.08. The maximum absolute atomic E-state index is 13.4. The molecule has 1 aromatic heterocycles. The summed E-state index contributed by atoms with van der Waals surface area (Å²) in [7, 11) is 0. The lowest BCUT2D eigenvalue weighted by Gasteiger charge is -2.02. The van der Waals surface area contributed by atoms with E-state index in [2.05, 4.69) is 28.6 Å². The Morgan fingerprint density at radius 3 is 3.00 bits per heavy atom. The first-order valence-electron chi connectivity index (χ1n) is 3.67. The molecule has 0 nitrogen and oxygen atoms in total. The van der Waals surface area contributed by atoms with Crippen LogP contribution < -0.4 is 0 Å². The molecule has 0 saturated carbocycles. The number of thiophene rings is 1. The third-order valence-corrected chi connectivity index (χ3v) is 3.81. The Bertz CT molecular complexity index is 450. The van der Waals surface area contributed by atoms with Gasteiger partial charge in [0.25, 0.3) is 0 Å². The lowest BCUT2D eigenvalue weighted by atomic mass is 10.2. The first-order valence-corrected chi connectivity index (χ1v) is 6.12. The number of hydrogen-bond donors (Lipinski definition) is 1. The summed E-state index contributed by atoms with van der Waals surface area (Å²) in [4.78, 5) is 0.707. The fourth-order valence-electron chi connectivity index (χ4n) is 1.26. The van der Waals surface area contributed by atoms with Gasteiger partial charge in [-0.25, -0.2) is 4.39 Å². The second-order valence-electron chi connectivity index (χ2n) is 2.65. The van der Waals surface area contributed by atoms with Crippen LogP contribution in [0.1, 0.15) is 5.56 Å². The Balaban J connectivity index is 2.88. The highest BCUT2D eigenvalue weighted by Gasteiger charge is 2.10. The summed E-state index contributed by atoms with van der Waals surface area (Å²) >= 11 is 9.05. The van der Waals surface area contributed by atoms with Crippen LogP contribution in [0.5, 0.6) is 0 Å². The monoisotopic (exact) mass is 276 g/mol. The van der Waals surface area contributed by atoms with E-state index >= 15 is 0 Å². The van der Waals surface area contributed by atoms with Gasteiger partial charge in [0.2, 0.25) is 0 Å². The van der Waals surface area contributed by atoms with Gasteiger partial charge in [-0.15, -0.1) is 24.0 Å². The van der Waals surface area contributed by atoms with Gasteiger partial charge in [-0.2, -0.15) is 0 Å². The summed E-state index contributed by atoms with van der Waals surface area (Å²) in [6.45, 7) is 0. The summed E-state index contributed by atoms with van der Waals surface area (Å²) in [6.07, 6.45) is 0. The zero-order chi connectivity index (χ0) is 9.42. The Morgan fingerprint density at radius 1 is 1.54 bits per heavy atom. The van der Waals surface area contributed by atoms with Gasteiger partial charge in [-0.3, -0.25) is 0 Å². The molecule has 0 atom stereocenters. The lowest BCUT2D eigenvalue weighted by Crippen LogP contribution is -1.86. The van der Waals surface area contributed by atoms with Gasteiger partial charge >= 0.3 is 0 Å². The van der Waals surface area contributed by atoms with Crippen LogP contribution in [0.2, 0.25) is 0 Å². The second kappa shape index (κ2) is 3.59. The molecule has 68 valence electrons. The minimum Gasteiger partial charge on any atom is -0.207 e. The molecule has 2 rings (SSSR count). The lowest BCUT2D eigenvalue weighted by molar-refractivity contribution is 0.617. The number of fused-ring (bicyclic) bond motifs is 1. The topological polar surface area (TPSA) is 0 Å². The maximum Gasteiger partial charge on any atom is 0.129 e. The van der Waals surface area contributed by atoms with Crippen molar-refractivity contribution < 1.29 is 4.39 Å². The van der Waals surface area contributed by atoms with Gasteiger partial charge in [0.15, 0.2) is 0 Å². The minimum atomic E-state index is -0.183. The first-order chi connectivity index (χ1) is 6.24. The molecule has 1 heterocycles. The van der Waals surface area contributed by atoms with Crippen LogP contribution in [0.15, 0.2) is 22.4 Å². The molecule has 0 aliphatic carbocycles. The van der Waals surface area contributed by atoms with Crippen LogP contribution in [-0.2, 0) is 5.33 Å². The molecule has 1 aromatic carbocycles. The highest BCUT2D eigenvalue weighted by atomic mass is 79.9. The van der Waals surface area contributed by atoms with E-state index in [0.29, 0.717) is 10.2 Å². The van der Waals surface area contributed by atoms with Crippen molar-refractivity contribution in [1.29, 1.82) is 0 Å². The van der Waals surface area contributed by atoms with E-state index in [1.54, 1.807) is 11.3 Å². The molecular weight excluding hydrogens is 271 g/mol. The Morgan fingerprint density at radius 2 is 2.31 bits per heavy atom. The SMILES string of the molecule is Fc1cc(S)c2ccsc2c1CBr. The predicted octanol–water partition coefficient (Wildman–Crippen LogP) is 4.22. The van der Waals surface area contributed by atoms with Gasteiger partial charge in [-0.05, 0) is 17.5 Å². The van der Waals surface area contributed by atoms with Crippen molar-refractivity contribution in [3.63, 3.8) is 0 Å². The Hall–Kier alpha value is -0.0600. The van der Waals surface area contributed by atoms with Gasteiger partial charge < -0.3 is 0 Å². The standard InChI is InChI=1S/C9H6BrFS2/c10-4-6-7(11)3-8(12)5-1-2-13-9(5)6/h1-3,12H,4H2. The van der Waals surface area contributed by atoms with Crippen LogP contribution in [0, 0.1) is 5.82 Å². The van der Waals surface area contributed by atoms with Crippen LogP contribution >= 0.6 is 39.9 Å². The Labute approximate surface area is 93.3 Å². The molecule has 0 N–H and O–H groups in total. The van der Waals surface area contributed by atoms with E-state index in [1.165, 1.54) is 6.07 Å². The minimum absolute atomic E-state index is 0.183. The summed E-state index contributed by atoms with van der Waals surface area (Å²) in [5, 5.41) is 3.53. The van der Waals surface area contributed by atoms with Crippen molar-refractivity contribution >= 4 is 50.0 Å². The summed E-state index contributed by atoms with van der Waals surface area (Å²) in [5.74, 6) is -0.183. The number of halogens is 2. The molecule has 0 unspecified atom stereocenters. The van der Waals surface area contributed by atoms with E-state index in [-0.39, 0.29) is 5.82 Å². The van der Waals surface area contributed by atoms with E-state index in [0.717, 1.165) is 15.6 Å². The second-order valence-corrected chi connectivity index (χ2v) is 4.61. The van der Waals surface area contributed by atoms with Crippen molar-refractivity contribution in [1.82, 2.24) is 0 Å². The van der Waals surface area contributed by atoms with E-state index in [1.807, 2.05) is 11.4 Å². The molecule has 0 aliphatic heterocycles. The average molecular weight is 277 g/mol. The number of benzene rings is 1. The smallest absolute Gasteiger partial charge is 0.129 e. The number of hydrogen-bond acceptors (Lipinski definition) is 2. The van der Waals surface area contributed by atoms with Gasteiger partial charge in [0.1, 0.15) is 5.82 Å². The summed E-state index contributed by atoms with van der Waals surface area (Å²) in [6, 6.07) is 3.43. The zero-order valence-electron chi connectivity index (χ0n) is 6.55. The van der Waals surface area contributed by atoms with Gasteiger partial charge in [0, 0.05) is 25.9 Å². The molecule has 13 heavy (non-hydrogen) atoms. The van der Waals surface area contributed by atoms with Crippen LogP contribution in [0.3, 0.4) is 0 Å². The molecule has 2 aromatic rings. The molecule has 0 amide bonds. The first kappa shape index (κ1) is 9.49. The van der Waals surface area contributed by atoms with E-state index < -0.39 is 0 Å². The van der Waals surface area contributed by atoms with Crippen LogP contribution in [-0.4, -0.2) is 0 Å². The normalized spacial score (nSPS) is 11.0.